The van der Waals surface area contributed by atoms with Gasteiger partial charge < -0.3 is 10.3 Å². The van der Waals surface area contributed by atoms with Crippen molar-refractivity contribution in [3.05, 3.63) is 30.1 Å². The number of benzene rings is 1. The fourth-order valence-electron chi connectivity index (χ4n) is 3.20. The highest BCUT2D eigenvalue weighted by Crippen LogP contribution is 2.28. The van der Waals surface area contributed by atoms with E-state index < -0.39 is 0 Å². The summed E-state index contributed by atoms with van der Waals surface area (Å²) in [5.74, 6) is 2.43. The smallest absolute Gasteiger partial charge is 0.111 e. The molecule has 3 nitrogen and oxygen atoms in total. The van der Waals surface area contributed by atoms with Crippen molar-refractivity contribution in [2.75, 3.05) is 5.75 Å². The molecule has 0 saturated carbocycles. The van der Waals surface area contributed by atoms with Crippen LogP contribution in [-0.4, -0.2) is 26.6 Å². The Labute approximate surface area is 131 Å². The maximum Gasteiger partial charge on any atom is 0.111 e. The first-order valence-corrected chi connectivity index (χ1v) is 9.15. The second-order valence-corrected chi connectivity index (χ2v) is 7.29. The van der Waals surface area contributed by atoms with Gasteiger partial charge in [-0.1, -0.05) is 25.5 Å². The quantitative estimate of drug-likeness (QED) is 0.918. The van der Waals surface area contributed by atoms with Crippen molar-refractivity contribution in [2.45, 2.75) is 56.9 Å². The Morgan fingerprint density at radius 2 is 2.24 bits per heavy atom. The predicted molar refractivity (Wildman–Crippen MR) is 91.8 cm³/mol. The van der Waals surface area contributed by atoms with E-state index in [1.807, 2.05) is 0 Å². The molecule has 3 rings (SSSR count). The highest BCUT2D eigenvalue weighted by atomic mass is 32.2. The Hall–Kier alpha value is -1.00. The number of aromatic nitrogens is 2. The number of aryl methyl sites for hydroxylation is 1. The van der Waals surface area contributed by atoms with Gasteiger partial charge in [0.1, 0.15) is 5.82 Å². The number of hydrogen-bond acceptors (Lipinski definition) is 3. The summed E-state index contributed by atoms with van der Waals surface area (Å²) in [5, 5.41) is 0.605. The van der Waals surface area contributed by atoms with Crippen LogP contribution in [-0.2, 0) is 13.0 Å². The van der Waals surface area contributed by atoms with E-state index in [2.05, 4.69) is 47.5 Å². The maximum atomic E-state index is 6.49. The van der Waals surface area contributed by atoms with E-state index >= 15 is 0 Å². The Morgan fingerprint density at radius 3 is 3.00 bits per heavy atom. The number of nitrogens with two attached hydrogens (primary N) is 1. The highest BCUT2D eigenvalue weighted by molar-refractivity contribution is 8.00. The fourth-order valence-corrected chi connectivity index (χ4v) is 4.55. The highest BCUT2D eigenvalue weighted by Gasteiger charge is 2.23. The molecule has 2 heterocycles. The van der Waals surface area contributed by atoms with Crippen LogP contribution in [0.2, 0.25) is 0 Å². The van der Waals surface area contributed by atoms with Crippen LogP contribution >= 0.6 is 11.8 Å². The Balaban J connectivity index is 1.83. The van der Waals surface area contributed by atoms with E-state index in [1.165, 1.54) is 30.5 Å². The van der Waals surface area contributed by atoms with Gasteiger partial charge in [0.25, 0.3) is 0 Å². The van der Waals surface area contributed by atoms with Gasteiger partial charge in [0.05, 0.1) is 11.0 Å². The van der Waals surface area contributed by atoms with Crippen LogP contribution in [0.5, 0.6) is 0 Å². The van der Waals surface area contributed by atoms with Crippen molar-refractivity contribution in [2.24, 2.45) is 5.73 Å². The van der Waals surface area contributed by atoms with Crippen LogP contribution in [0, 0.1) is 0 Å². The molecule has 1 saturated heterocycles. The SMILES string of the molecule is CCCn1c(CC(N)C2CCCCS2)nc2ccccc21. The first-order chi connectivity index (χ1) is 10.3. The molecule has 1 aromatic heterocycles. The normalized spacial score (nSPS) is 20.8. The van der Waals surface area contributed by atoms with E-state index in [4.69, 9.17) is 10.7 Å². The third kappa shape index (κ3) is 3.27. The van der Waals surface area contributed by atoms with Crippen LogP contribution in [0.3, 0.4) is 0 Å². The number of para-hydroxylation sites is 2. The predicted octanol–water partition coefficient (Wildman–Crippen LogP) is 3.60. The van der Waals surface area contributed by atoms with E-state index in [-0.39, 0.29) is 6.04 Å². The number of fused-ring (bicyclic) bond motifs is 1. The van der Waals surface area contributed by atoms with Gasteiger partial charge in [-0.15, -0.1) is 0 Å². The van der Waals surface area contributed by atoms with E-state index in [1.54, 1.807) is 0 Å². The lowest BCUT2D eigenvalue weighted by Crippen LogP contribution is -2.37. The second-order valence-electron chi connectivity index (χ2n) is 5.94. The molecule has 1 aromatic carbocycles. The van der Waals surface area contributed by atoms with Gasteiger partial charge in [0, 0.05) is 24.3 Å². The minimum atomic E-state index is 0.225. The molecule has 21 heavy (non-hydrogen) atoms. The minimum Gasteiger partial charge on any atom is -0.328 e. The van der Waals surface area contributed by atoms with Gasteiger partial charge in [0.15, 0.2) is 0 Å². The van der Waals surface area contributed by atoms with Crippen molar-refractivity contribution >= 4 is 22.8 Å². The topological polar surface area (TPSA) is 43.8 Å². The Bertz CT molecular complexity index is 587. The largest absolute Gasteiger partial charge is 0.328 e. The molecule has 1 fully saturated rings. The molecule has 2 N–H and O–H groups in total. The number of thioether (sulfide) groups is 1. The number of rotatable bonds is 5. The van der Waals surface area contributed by atoms with E-state index in [0.717, 1.165) is 30.7 Å². The van der Waals surface area contributed by atoms with Crippen LogP contribution in [0.4, 0.5) is 0 Å². The summed E-state index contributed by atoms with van der Waals surface area (Å²) in [5.41, 5.74) is 8.84. The molecule has 0 spiro atoms. The molecule has 0 bridgehead atoms. The molecule has 2 aromatic rings. The molecule has 0 aliphatic carbocycles. The molecule has 0 radical (unpaired) electrons. The molecule has 2 atom stereocenters. The average molecular weight is 303 g/mol. The van der Waals surface area contributed by atoms with Gasteiger partial charge in [-0.3, -0.25) is 0 Å². The van der Waals surface area contributed by atoms with Gasteiger partial charge >= 0.3 is 0 Å². The zero-order valence-corrected chi connectivity index (χ0v) is 13.6. The van der Waals surface area contributed by atoms with Crippen molar-refractivity contribution in [1.82, 2.24) is 9.55 Å². The third-order valence-corrected chi connectivity index (χ3v) is 5.83. The first kappa shape index (κ1) is 14.9. The van der Waals surface area contributed by atoms with Crippen molar-refractivity contribution in [3.63, 3.8) is 0 Å². The molecule has 1 aliphatic rings. The lowest BCUT2D eigenvalue weighted by Gasteiger charge is -2.27. The van der Waals surface area contributed by atoms with Crippen molar-refractivity contribution in [3.8, 4) is 0 Å². The molecule has 0 amide bonds. The van der Waals surface area contributed by atoms with Crippen LogP contribution in [0.25, 0.3) is 11.0 Å². The number of imidazole rings is 1. The number of nitrogens with zero attached hydrogens (tertiary/aromatic N) is 2. The third-order valence-electron chi connectivity index (χ3n) is 4.29. The molecule has 1 aliphatic heterocycles. The fraction of sp³-hybridized carbons (Fsp3) is 0.588. The average Bonchev–Trinajstić information content (AvgIpc) is 2.86. The second kappa shape index (κ2) is 6.84. The molecule has 4 heteroatoms. The standard InChI is InChI=1S/C17H25N3S/c1-2-10-20-15-8-4-3-7-14(15)19-17(20)12-13(18)16-9-5-6-11-21-16/h3-4,7-8,13,16H,2,5-6,9-12,18H2,1H3. The van der Waals surface area contributed by atoms with Crippen molar-refractivity contribution < 1.29 is 0 Å². The summed E-state index contributed by atoms with van der Waals surface area (Å²) in [6, 6.07) is 8.65. The van der Waals surface area contributed by atoms with Crippen molar-refractivity contribution in [1.29, 1.82) is 0 Å². The summed E-state index contributed by atoms with van der Waals surface area (Å²) in [6.07, 6.45) is 5.96. The summed E-state index contributed by atoms with van der Waals surface area (Å²) < 4.78 is 2.36. The summed E-state index contributed by atoms with van der Waals surface area (Å²) in [6.45, 7) is 3.25. The monoisotopic (exact) mass is 303 g/mol. The van der Waals surface area contributed by atoms with Gasteiger partial charge in [-0.2, -0.15) is 11.8 Å². The van der Waals surface area contributed by atoms with Crippen LogP contribution < -0.4 is 5.73 Å². The molecule has 114 valence electrons. The lowest BCUT2D eigenvalue weighted by molar-refractivity contribution is 0.534. The van der Waals surface area contributed by atoms with Crippen LogP contribution in [0.1, 0.15) is 38.4 Å². The zero-order valence-electron chi connectivity index (χ0n) is 12.8. The van der Waals surface area contributed by atoms with Gasteiger partial charge in [0.2, 0.25) is 0 Å². The summed E-state index contributed by atoms with van der Waals surface area (Å²) in [4.78, 5) is 4.84. The van der Waals surface area contributed by atoms with Gasteiger partial charge in [-0.25, -0.2) is 4.98 Å². The first-order valence-electron chi connectivity index (χ1n) is 8.11. The molecular weight excluding hydrogens is 278 g/mol. The van der Waals surface area contributed by atoms with Gasteiger partial charge in [-0.05, 0) is 37.1 Å². The maximum absolute atomic E-state index is 6.49. The Kier molecular flexibility index (Phi) is 4.86. The zero-order chi connectivity index (χ0) is 14.7. The molecular formula is C17H25N3S. The Morgan fingerprint density at radius 1 is 1.38 bits per heavy atom. The summed E-state index contributed by atoms with van der Waals surface area (Å²) in [7, 11) is 0. The van der Waals surface area contributed by atoms with E-state index in [0.29, 0.717) is 5.25 Å². The van der Waals surface area contributed by atoms with E-state index in [9.17, 15) is 0 Å². The molecule has 2 unspecified atom stereocenters. The lowest BCUT2D eigenvalue weighted by atomic mass is 10.0. The van der Waals surface area contributed by atoms with Crippen LogP contribution in [0.15, 0.2) is 24.3 Å². The number of hydrogen-bond donors (Lipinski definition) is 1. The summed E-state index contributed by atoms with van der Waals surface area (Å²) >= 11 is 2.05. The minimum absolute atomic E-state index is 0.225.